The van der Waals surface area contributed by atoms with Crippen molar-refractivity contribution in [2.24, 2.45) is 7.05 Å². The van der Waals surface area contributed by atoms with Crippen LogP contribution in [-0.2, 0) is 12.5 Å². The molecule has 0 aliphatic carbocycles. The highest BCUT2D eigenvalue weighted by molar-refractivity contribution is 7.13. The van der Waals surface area contributed by atoms with Gasteiger partial charge in [0.1, 0.15) is 21.9 Å². The number of aromatic nitrogens is 5. The van der Waals surface area contributed by atoms with Gasteiger partial charge < -0.3 is 10.6 Å². The Labute approximate surface area is 195 Å². The Morgan fingerprint density at radius 2 is 1.85 bits per heavy atom. The summed E-state index contributed by atoms with van der Waals surface area (Å²) in [7, 11) is 1.75. The molecule has 2 amide bonds. The highest BCUT2D eigenvalue weighted by Gasteiger charge is 2.23. The predicted molar refractivity (Wildman–Crippen MR) is 126 cm³/mol. The number of thiazole rings is 1. The van der Waals surface area contributed by atoms with Gasteiger partial charge in [0.25, 0.3) is 11.8 Å². The second kappa shape index (κ2) is 9.07. The molecule has 0 saturated heterocycles. The molecule has 3 heterocycles. The molecule has 2 N–H and O–H groups in total. The van der Waals surface area contributed by atoms with E-state index in [-0.39, 0.29) is 22.9 Å². The first-order valence-corrected chi connectivity index (χ1v) is 11.3. The smallest absolute Gasteiger partial charge is 0.271 e. The second-order valence-electron chi connectivity index (χ2n) is 8.42. The number of carbonyl (C=O) groups excluding carboxylic acids is 2. The first-order valence-electron chi connectivity index (χ1n) is 10.5. The summed E-state index contributed by atoms with van der Waals surface area (Å²) in [5, 5.41) is 11.2. The second-order valence-corrected chi connectivity index (χ2v) is 9.48. The molecule has 3 aromatic heterocycles. The van der Waals surface area contributed by atoms with Crippen molar-refractivity contribution in [3.8, 4) is 0 Å². The zero-order chi connectivity index (χ0) is 23.6. The zero-order valence-corrected chi connectivity index (χ0v) is 19.7. The van der Waals surface area contributed by atoms with Gasteiger partial charge in [-0.25, -0.2) is 15.0 Å². The normalized spacial score (nSPS) is 12.5. The van der Waals surface area contributed by atoms with Gasteiger partial charge in [-0.15, -0.1) is 11.3 Å². The summed E-state index contributed by atoms with van der Waals surface area (Å²) in [6, 6.07) is 9.67. The minimum absolute atomic E-state index is 0.186. The maximum absolute atomic E-state index is 12.8. The molecule has 9 nitrogen and oxygen atoms in total. The Morgan fingerprint density at radius 1 is 1.09 bits per heavy atom. The topological polar surface area (TPSA) is 115 Å². The van der Waals surface area contributed by atoms with Gasteiger partial charge in [-0.2, -0.15) is 5.10 Å². The SMILES string of the molecule is CC(NC(=O)c1ncnc2c1cnn2C)c1ncc(C(=O)NCC(C)(C)c2ccccc2)s1. The van der Waals surface area contributed by atoms with E-state index in [2.05, 4.69) is 56.7 Å². The average molecular weight is 464 g/mol. The van der Waals surface area contributed by atoms with Gasteiger partial charge in [-0.05, 0) is 12.5 Å². The third kappa shape index (κ3) is 4.75. The highest BCUT2D eigenvalue weighted by Crippen LogP contribution is 2.24. The van der Waals surface area contributed by atoms with Crippen LogP contribution in [0, 0.1) is 0 Å². The Morgan fingerprint density at radius 3 is 2.61 bits per heavy atom. The fraction of sp³-hybridized carbons (Fsp3) is 0.304. The number of carbonyl (C=O) groups is 2. The van der Waals surface area contributed by atoms with Gasteiger partial charge in [0.2, 0.25) is 0 Å². The molecule has 0 saturated carbocycles. The summed E-state index contributed by atoms with van der Waals surface area (Å²) in [6.07, 6.45) is 4.45. The lowest BCUT2D eigenvalue weighted by Gasteiger charge is -2.25. The zero-order valence-electron chi connectivity index (χ0n) is 18.9. The largest absolute Gasteiger partial charge is 0.350 e. The number of benzene rings is 1. The van der Waals surface area contributed by atoms with Crippen molar-refractivity contribution in [1.82, 2.24) is 35.4 Å². The first kappa shape index (κ1) is 22.5. The lowest BCUT2D eigenvalue weighted by atomic mass is 9.84. The molecule has 0 fully saturated rings. The number of nitrogens with one attached hydrogen (secondary N) is 2. The van der Waals surface area contributed by atoms with Crippen molar-refractivity contribution in [3.05, 3.63) is 70.2 Å². The van der Waals surface area contributed by atoms with Crippen LogP contribution in [-0.4, -0.2) is 43.1 Å². The average Bonchev–Trinajstić information content (AvgIpc) is 3.46. The van der Waals surface area contributed by atoms with Gasteiger partial charge in [0, 0.05) is 19.0 Å². The van der Waals surface area contributed by atoms with Crippen molar-refractivity contribution in [2.75, 3.05) is 6.54 Å². The third-order valence-corrected chi connectivity index (χ3v) is 6.63. The first-order chi connectivity index (χ1) is 15.8. The predicted octanol–water partition coefficient (Wildman–Crippen LogP) is 3.02. The van der Waals surface area contributed by atoms with Crippen molar-refractivity contribution in [2.45, 2.75) is 32.2 Å². The molecule has 0 bridgehead atoms. The summed E-state index contributed by atoms with van der Waals surface area (Å²) < 4.78 is 1.59. The van der Waals surface area contributed by atoms with Crippen LogP contribution in [0.4, 0.5) is 0 Å². The van der Waals surface area contributed by atoms with Crippen molar-refractivity contribution in [1.29, 1.82) is 0 Å². The van der Waals surface area contributed by atoms with E-state index in [0.29, 0.717) is 27.5 Å². The summed E-state index contributed by atoms with van der Waals surface area (Å²) in [5.74, 6) is -0.539. The summed E-state index contributed by atoms with van der Waals surface area (Å²) in [5.41, 5.74) is 1.77. The van der Waals surface area contributed by atoms with Gasteiger partial charge in [-0.1, -0.05) is 44.2 Å². The van der Waals surface area contributed by atoms with E-state index < -0.39 is 6.04 Å². The van der Waals surface area contributed by atoms with Crippen LogP contribution in [0.3, 0.4) is 0 Å². The van der Waals surface area contributed by atoms with E-state index in [4.69, 9.17) is 0 Å². The van der Waals surface area contributed by atoms with Gasteiger partial charge in [0.15, 0.2) is 5.65 Å². The number of aryl methyl sites for hydroxylation is 1. The maximum Gasteiger partial charge on any atom is 0.271 e. The van der Waals surface area contributed by atoms with E-state index >= 15 is 0 Å². The van der Waals surface area contributed by atoms with E-state index in [1.807, 2.05) is 25.1 Å². The summed E-state index contributed by atoms with van der Waals surface area (Å²) in [6.45, 7) is 6.48. The molecule has 1 aromatic carbocycles. The monoisotopic (exact) mass is 463 g/mol. The third-order valence-electron chi connectivity index (χ3n) is 5.46. The van der Waals surface area contributed by atoms with Crippen LogP contribution >= 0.6 is 11.3 Å². The molecule has 0 aliphatic rings. The molecule has 170 valence electrons. The molecule has 33 heavy (non-hydrogen) atoms. The van der Waals surface area contributed by atoms with Crippen LogP contribution in [0.5, 0.6) is 0 Å². The van der Waals surface area contributed by atoms with Crippen molar-refractivity contribution < 1.29 is 9.59 Å². The van der Waals surface area contributed by atoms with E-state index in [0.717, 1.165) is 5.56 Å². The minimum atomic E-state index is -0.397. The van der Waals surface area contributed by atoms with E-state index in [9.17, 15) is 9.59 Å². The number of fused-ring (bicyclic) bond motifs is 1. The Kier molecular flexibility index (Phi) is 6.19. The standard InChI is InChI=1S/C23H25N7O2S/c1-14(29-21(32)18-16-10-28-30(4)19(16)27-13-26-18)22-24-11-17(33-22)20(31)25-12-23(2,3)15-8-6-5-7-9-15/h5-11,13-14H,12H2,1-4H3,(H,25,31)(H,29,32). The fourth-order valence-electron chi connectivity index (χ4n) is 3.44. The molecule has 10 heteroatoms. The number of nitrogens with zero attached hydrogens (tertiary/aromatic N) is 5. The van der Waals surface area contributed by atoms with E-state index in [1.54, 1.807) is 17.9 Å². The Bertz CT molecular complexity index is 1300. The molecule has 4 aromatic rings. The molecule has 4 rings (SSSR count). The maximum atomic E-state index is 12.8. The number of rotatable bonds is 7. The molecule has 0 spiro atoms. The fourth-order valence-corrected chi connectivity index (χ4v) is 4.28. The molecule has 1 atom stereocenters. The molecule has 0 aliphatic heterocycles. The summed E-state index contributed by atoms with van der Waals surface area (Å²) in [4.78, 5) is 38.6. The molecule has 1 unspecified atom stereocenters. The Hall–Kier alpha value is -3.66. The molecular formula is C23H25N7O2S. The van der Waals surface area contributed by atoms with Crippen LogP contribution in [0.25, 0.3) is 11.0 Å². The highest BCUT2D eigenvalue weighted by atomic mass is 32.1. The number of hydrogen-bond donors (Lipinski definition) is 2. The van der Waals surface area contributed by atoms with Gasteiger partial charge in [0.05, 0.1) is 23.8 Å². The van der Waals surface area contributed by atoms with Crippen LogP contribution in [0.1, 0.15) is 57.5 Å². The van der Waals surface area contributed by atoms with Gasteiger partial charge >= 0.3 is 0 Å². The minimum Gasteiger partial charge on any atom is -0.350 e. The summed E-state index contributed by atoms with van der Waals surface area (Å²) >= 11 is 1.25. The van der Waals surface area contributed by atoms with Crippen molar-refractivity contribution >= 4 is 34.2 Å². The van der Waals surface area contributed by atoms with E-state index in [1.165, 1.54) is 23.9 Å². The Balaban J connectivity index is 1.40. The number of amides is 2. The number of hydrogen-bond acceptors (Lipinski definition) is 7. The van der Waals surface area contributed by atoms with Crippen LogP contribution in [0.15, 0.2) is 49.1 Å². The lowest BCUT2D eigenvalue weighted by Crippen LogP contribution is -2.36. The molecule has 0 radical (unpaired) electrons. The quantitative estimate of drug-likeness (QED) is 0.435. The molecular weight excluding hydrogens is 438 g/mol. The van der Waals surface area contributed by atoms with Crippen LogP contribution < -0.4 is 10.6 Å². The van der Waals surface area contributed by atoms with Crippen LogP contribution in [0.2, 0.25) is 0 Å². The van der Waals surface area contributed by atoms with Crippen molar-refractivity contribution in [3.63, 3.8) is 0 Å². The lowest BCUT2D eigenvalue weighted by molar-refractivity contribution is 0.0932. The van der Waals surface area contributed by atoms with Gasteiger partial charge in [-0.3, -0.25) is 14.3 Å².